The number of nitrogens with zero attached hydrogens (tertiary/aromatic N) is 1. The fraction of sp³-hybridized carbons (Fsp3) is 0.118. The van der Waals surface area contributed by atoms with Crippen LogP contribution in [0.25, 0.3) is 16.1 Å². The number of carboxylic acids is 1. The first-order chi connectivity index (χ1) is 10.5. The maximum absolute atomic E-state index is 13.0. The zero-order chi connectivity index (χ0) is 15.9. The summed E-state index contributed by atoms with van der Waals surface area (Å²) in [7, 11) is 0. The Morgan fingerprint density at radius 3 is 2.23 bits per heavy atom. The number of aromatic nitrogens is 1. The molecular weight excluding hydrogens is 301 g/mol. The second kappa shape index (κ2) is 5.42. The molecule has 0 unspecified atom stereocenters. The molecule has 5 heteroatoms. The van der Waals surface area contributed by atoms with Gasteiger partial charge in [0, 0.05) is 16.3 Å². The quantitative estimate of drug-likeness (QED) is 0.764. The van der Waals surface area contributed by atoms with Crippen molar-refractivity contribution in [3.63, 3.8) is 0 Å². The zero-order valence-electron chi connectivity index (χ0n) is 12.1. The number of rotatable bonds is 3. The predicted octanol–water partition coefficient (Wildman–Crippen LogP) is 4.66. The SMILES string of the molecule is Cc1ccc(C)n1-c1cc(-c2ccc(F)cc2)sc1C(=O)O. The zero-order valence-corrected chi connectivity index (χ0v) is 12.9. The lowest BCUT2D eigenvalue weighted by Gasteiger charge is -2.08. The molecule has 3 rings (SSSR count). The van der Waals surface area contributed by atoms with Crippen LogP contribution >= 0.6 is 11.3 Å². The Morgan fingerprint density at radius 2 is 1.68 bits per heavy atom. The molecule has 22 heavy (non-hydrogen) atoms. The molecule has 0 fully saturated rings. The maximum Gasteiger partial charge on any atom is 0.348 e. The number of hydrogen-bond acceptors (Lipinski definition) is 2. The normalized spacial score (nSPS) is 10.9. The number of aromatic carboxylic acids is 1. The number of aryl methyl sites for hydroxylation is 2. The van der Waals surface area contributed by atoms with Gasteiger partial charge in [-0.3, -0.25) is 0 Å². The average Bonchev–Trinajstić information content (AvgIpc) is 3.04. The second-order valence-corrected chi connectivity index (χ2v) is 6.14. The summed E-state index contributed by atoms with van der Waals surface area (Å²) >= 11 is 1.20. The highest BCUT2D eigenvalue weighted by molar-refractivity contribution is 7.17. The minimum atomic E-state index is -0.958. The molecule has 0 aliphatic carbocycles. The van der Waals surface area contributed by atoms with E-state index >= 15 is 0 Å². The number of carboxylic acid groups (broad SMARTS) is 1. The molecule has 0 aliphatic rings. The van der Waals surface area contributed by atoms with Gasteiger partial charge in [-0.05, 0) is 49.7 Å². The molecule has 112 valence electrons. The summed E-state index contributed by atoms with van der Waals surface area (Å²) in [6, 6.07) is 11.8. The number of hydrogen-bond donors (Lipinski definition) is 1. The van der Waals surface area contributed by atoms with Gasteiger partial charge in [-0.25, -0.2) is 9.18 Å². The van der Waals surface area contributed by atoms with Crippen molar-refractivity contribution < 1.29 is 14.3 Å². The summed E-state index contributed by atoms with van der Waals surface area (Å²) in [4.78, 5) is 12.7. The van der Waals surface area contributed by atoms with Gasteiger partial charge in [-0.15, -0.1) is 11.3 Å². The van der Waals surface area contributed by atoms with Crippen molar-refractivity contribution in [2.75, 3.05) is 0 Å². The van der Waals surface area contributed by atoms with E-state index in [1.807, 2.05) is 36.6 Å². The van der Waals surface area contributed by atoms with Gasteiger partial charge < -0.3 is 9.67 Å². The van der Waals surface area contributed by atoms with E-state index in [2.05, 4.69) is 0 Å². The number of halogens is 1. The molecular formula is C17H14FNO2S. The molecule has 0 radical (unpaired) electrons. The third kappa shape index (κ3) is 2.44. The molecule has 2 heterocycles. The van der Waals surface area contributed by atoms with Crippen molar-refractivity contribution >= 4 is 17.3 Å². The molecule has 0 saturated carbocycles. The molecule has 0 aliphatic heterocycles. The predicted molar refractivity (Wildman–Crippen MR) is 85.5 cm³/mol. The molecule has 1 N–H and O–H groups in total. The van der Waals surface area contributed by atoms with Crippen LogP contribution in [0, 0.1) is 19.7 Å². The highest BCUT2D eigenvalue weighted by Crippen LogP contribution is 2.35. The smallest absolute Gasteiger partial charge is 0.348 e. The Labute approximate surface area is 131 Å². The summed E-state index contributed by atoms with van der Waals surface area (Å²) in [5.74, 6) is -1.27. The summed E-state index contributed by atoms with van der Waals surface area (Å²) in [6.45, 7) is 3.88. The van der Waals surface area contributed by atoms with Crippen LogP contribution in [-0.2, 0) is 0 Å². The molecule has 0 atom stereocenters. The van der Waals surface area contributed by atoms with Crippen molar-refractivity contribution in [1.82, 2.24) is 4.57 Å². The van der Waals surface area contributed by atoms with Crippen molar-refractivity contribution in [3.8, 4) is 16.1 Å². The molecule has 3 aromatic rings. The first-order valence-electron chi connectivity index (χ1n) is 6.76. The number of carbonyl (C=O) groups is 1. The largest absolute Gasteiger partial charge is 0.477 e. The van der Waals surface area contributed by atoms with E-state index in [1.165, 1.54) is 23.5 Å². The summed E-state index contributed by atoms with van der Waals surface area (Å²) in [6.07, 6.45) is 0. The van der Waals surface area contributed by atoms with Gasteiger partial charge in [0.05, 0.1) is 5.69 Å². The molecule has 0 spiro atoms. The van der Waals surface area contributed by atoms with E-state index in [0.29, 0.717) is 5.69 Å². The van der Waals surface area contributed by atoms with Gasteiger partial charge in [-0.2, -0.15) is 0 Å². The first kappa shape index (κ1) is 14.5. The molecule has 2 aromatic heterocycles. The summed E-state index contributed by atoms with van der Waals surface area (Å²) in [5, 5.41) is 9.49. The van der Waals surface area contributed by atoms with Crippen LogP contribution in [0.5, 0.6) is 0 Å². The van der Waals surface area contributed by atoms with Crippen LogP contribution in [-0.4, -0.2) is 15.6 Å². The van der Waals surface area contributed by atoms with Crippen LogP contribution in [0.2, 0.25) is 0 Å². The highest BCUT2D eigenvalue weighted by atomic mass is 32.1. The minimum Gasteiger partial charge on any atom is -0.477 e. The summed E-state index contributed by atoms with van der Waals surface area (Å²) < 4.78 is 15.0. The second-order valence-electron chi connectivity index (χ2n) is 5.09. The average molecular weight is 315 g/mol. The van der Waals surface area contributed by atoms with Crippen LogP contribution in [0.3, 0.4) is 0 Å². The Balaban J connectivity index is 2.19. The van der Waals surface area contributed by atoms with Gasteiger partial charge >= 0.3 is 5.97 Å². The van der Waals surface area contributed by atoms with Gasteiger partial charge in [0.2, 0.25) is 0 Å². The van der Waals surface area contributed by atoms with E-state index < -0.39 is 5.97 Å². The van der Waals surface area contributed by atoms with E-state index in [0.717, 1.165) is 21.8 Å². The summed E-state index contributed by atoms with van der Waals surface area (Å²) in [5.41, 5.74) is 3.41. The lowest BCUT2D eigenvalue weighted by molar-refractivity contribution is 0.0702. The Hall–Kier alpha value is -2.40. The minimum absolute atomic E-state index is 0.279. The van der Waals surface area contributed by atoms with Gasteiger partial charge in [-0.1, -0.05) is 12.1 Å². The van der Waals surface area contributed by atoms with E-state index in [9.17, 15) is 14.3 Å². The maximum atomic E-state index is 13.0. The van der Waals surface area contributed by atoms with Gasteiger partial charge in [0.15, 0.2) is 0 Å². The lowest BCUT2D eigenvalue weighted by atomic mass is 10.2. The standard InChI is InChI=1S/C17H14FNO2S/c1-10-3-4-11(2)19(10)14-9-15(22-16(14)17(20)21)12-5-7-13(18)8-6-12/h3-9H,1-2H3,(H,20,21). The third-order valence-electron chi connectivity index (χ3n) is 3.55. The lowest BCUT2D eigenvalue weighted by Crippen LogP contribution is -2.03. The topological polar surface area (TPSA) is 42.2 Å². The fourth-order valence-electron chi connectivity index (χ4n) is 2.51. The van der Waals surface area contributed by atoms with Crippen LogP contribution in [0.4, 0.5) is 4.39 Å². The van der Waals surface area contributed by atoms with Gasteiger partial charge in [0.25, 0.3) is 0 Å². The van der Waals surface area contributed by atoms with Crippen LogP contribution < -0.4 is 0 Å². The van der Waals surface area contributed by atoms with Gasteiger partial charge in [0.1, 0.15) is 10.7 Å². The Kier molecular flexibility index (Phi) is 3.58. The molecule has 0 saturated heterocycles. The molecule has 3 nitrogen and oxygen atoms in total. The van der Waals surface area contributed by atoms with Crippen LogP contribution in [0.15, 0.2) is 42.5 Å². The Morgan fingerprint density at radius 1 is 1.09 bits per heavy atom. The molecule has 1 aromatic carbocycles. The molecule has 0 amide bonds. The van der Waals surface area contributed by atoms with Crippen molar-refractivity contribution in [3.05, 3.63) is 64.5 Å². The number of benzene rings is 1. The first-order valence-corrected chi connectivity index (χ1v) is 7.57. The Bertz CT molecular complexity index is 827. The van der Waals surface area contributed by atoms with Crippen molar-refractivity contribution in [1.29, 1.82) is 0 Å². The van der Waals surface area contributed by atoms with E-state index in [4.69, 9.17) is 0 Å². The van der Waals surface area contributed by atoms with E-state index in [-0.39, 0.29) is 10.7 Å². The fourth-order valence-corrected chi connectivity index (χ4v) is 3.49. The van der Waals surface area contributed by atoms with Crippen molar-refractivity contribution in [2.24, 2.45) is 0 Å². The monoisotopic (exact) mass is 315 g/mol. The van der Waals surface area contributed by atoms with Crippen LogP contribution in [0.1, 0.15) is 21.1 Å². The molecule has 0 bridgehead atoms. The number of thiophene rings is 1. The highest BCUT2D eigenvalue weighted by Gasteiger charge is 2.19. The third-order valence-corrected chi connectivity index (χ3v) is 4.71. The van der Waals surface area contributed by atoms with E-state index in [1.54, 1.807) is 12.1 Å². The van der Waals surface area contributed by atoms with Crippen molar-refractivity contribution in [2.45, 2.75) is 13.8 Å².